The number of hydrogen-bond donors (Lipinski definition) is 3. The van der Waals surface area contributed by atoms with Crippen LogP contribution in [0.2, 0.25) is 0 Å². The van der Waals surface area contributed by atoms with Gasteiger partial charge in [-0.2, -0.15) is 0 Å². The summed E-state index contributed by atoms with van der Waals surface area (Å²) in [5, 5.41) is 10.0. The van der Waals surface area contributed by atoms with Crippen LogP contribution in [0.25, 0.3) is 33.3 Å². The highest BCUT2D eigenvalue weighted by Gasteiger charge is 2.27. The summed E-state index contributed by atoms with van der Waals surface area (Å²) >= 11 is 0. The number of hydrogen-bond acceptors (Lipinski definition) is 5. The zero-order chi connectivity index (χ0) is 29.3. The fraction of sp³-hybridized carbons (Fsp3) is 0.189. The SMILES string of the molecule is CCN1CCC[C@H]1CNc1c(Nc2ccc3ccccc3c2/C(=C\c2ccccc2)c2c[nH]c3ccccc23)c(=O)c1=O. The van der Waals surface area contributed by atoms with Gasteiger partial charge in [0.05, 0.1) is 0 Å². The molecule has 0 aliphatic carbocycles. The van der Waals surface area contributed by atoms with Crippen molar-refractivity contribution in [2.45, 2.75) is 25.8 Å². The molecule has 3 N–H and O–H groups in total. The van der Waals surface area contributed by atoms with Crippen LogP contribution in [-0.4, -0.2) is 35.6 Å². The van der Waals surface area contributed by atoms with E-state index in [4.69, 9.17) is 0 Å². The third-order valence-corrected chi connectivity index (χ3v) is 8.78. The Morgan fingerprint density at radius 1 is 0.884 bits per heavy atom. The van der Waals surface area contributed by atoms with Crippen molar-refractivity contribution in [1.29, 1.82) is 0 Å². The molecule has 1 aliphatic heterocycles. The van der Waals surface area contributed by atoms with E-state index in [0.29, 0.717) is 24.0 Å². The first-order chi connectivity index (χ1) is 21.1. The number of benzene rings is 4. The Kier molecular flexibility index (Phi) is 7.13. The maximum atomic E-state index is 13.0. The highest BCUT2D eigenvalue weighted by atomic mass is 16.2. The van der Waals surface area contributed by atoms with Crippen LogP contribution in [-0.2, 0) is 0 Å². The fourth-order valence-electron chi connectivity index (χ4n) is 6.54. The molecule has 1 aromatic heterocycles. The van der Waals surface area contributed by atoms with E-state index in [-0.39, 0.29) is 0 Å². The van der Waals surface area contributed by atoms with Gasteiger partial charge >= 0.3 is 0 Å². The Morgan fingerprint density at radius 2 is 1.63 bits per heavy atom. The predicted octanol–water partition coefficient (Wildman–Crippen LogP) is 7.15. The molecular formula is C37H34N4O2. The first-order valence-electron chi connectivity index (χ1n) is 15.1. The van der Waals surface area contributed by atoms with Gasteiger partial charge in [-0.05, 0) is 66.0 Å². The third-order valence-electron chi connectivity index (χ3n) is 8.78. The molecule has 214 valence electrons. The van der Waals surface area contributed by atoms with Gasteiger partial charge in [0, 0.05) is 46.5 Å². The second-order valence-electron chi connectivity index (χ2n) is 11.3. The largest absolute Gasteiger partial charge is 0.378 e. The minimum absolute atomic E-state index is 0.334. The van der Waals surface area contributed by atoms with E-state index in [1.54, 1.807) is 0 Å². The van der Waals surface area contributed by atoms with Crippen LogP contribution >= 0.6 is 0 Å². The number of fused-ring (bicyclic) bond motifs is 2. The Morgan fingerprint density at radius 3 is 2.47 bits per heavy atom. The molecule has 1 fully saturated rings. The number of nitrogens with zero attached hydrogens (tertiary/aromatic N) is 1. The second-order valence-corrected chi connectivity index (χ2v) is 11.3. The standard InChI is InChI=1S/C37H34N4O2/c1-2-41-20-10-14-26(41)22-39-34-35(37(43)36(34)42)40-32-19-18-25-13-6-7-15-27(25)33(32)29(21-24-11-4-3-5-12-24)30-23-38-31-17-9-8-16-28(30)31/h3-9,11-13,15-19,21,23,26,38-40H,2,10,14,20,22H2,1H3/b29-21-/t26-/m0/s1. The molecule has 43 heavy (non-hydrogen) atoms. The summed E-state index contributed by atoms with van der Waals surface area (Å²) < 4.78 is 0. The number of aromatic amines is 1. The summed E-state index contributed by atoms with van der Waals surface area (Å²) in [5.41, 5.74) is 5.71. The average molecular weight is 567 g/mol. The van der Waals surface area contributed by atoms with E-state index < -0.39 is 10.9 Å². The van der Waals surface area contributed by atoms with Gasteiger partial charge in [-0.15, -0.1) is 0 Å². The molecule has 0 saturated carbocycles. The van der Waals surface area contributed by atoms with Crippen molar-refractivity contribution >= 4 is 50.4 Å². The molecule has 1 saturated heterocycles. The Bertz CT molecular complexity index is 2030. The number of H-pyrrole nitrogens is 1. The van der Waals surface area contributed by atoms with Crippen LogP contribution in [0.5, 0.6) is 0 Å². The smallest absolute Gasteiger partial charge is 0.253 e. The molecule has 0 bridgehead atoms. The van der Waals surface area contributed by atoms with E-state index in [1.165, 1.54) is 0 Å². The van der Waals surface area contributed by atoms with Gasteiger partial charge in [0.15, 0.2) is 0 Å². The lowest BCUT2D eigenvalue weighted by molar-refractivity contribution is 0.277. The van der Waals surface area contributed by atoms with Crippen LogP contribution in [0.15, 0.2) is 107 Å². The van der Waals surface area contributed by atoms with Crippen molar-refractivity contribution in [1.82, 2.24) is 9.88 Å². The van der Waals surface area contributed by atoms with Crippen LogP contribution in [0.4, 0.5) is 17.1 Å². The number of nitrogens with one attached hydrogen (secondary N) is 3. The van der Waals surface area contributed by atoms with Crippen molar-refractivity contribution in [3.05, 3.63) is 134 Å². The summed E-state index contributed by atoms with van der Waals surface area (Å²) in [6.07, 6.45) is 6.49. The third kappa shape index (κ3) is 4.94. The van der Waals surface area contributed by atoms with Gasteiger partial charge in [0.2, 0.25) is 0 Å². The van der Waals surface area contributed by atoms with Crippen LogP contribution in [0.3, 0.4) is 0 Å². The minimum Gasteiger partial charge on any atom is -0.378 e. The predicted molar refractivity (Wildman–Crippen MR) is 179 cm³/mol. The first-order valence-corrected chi connectivity index (χ1v) is 15.1. The number of para-hydroxylation sites is 1. The summed E-state index contributed by atoms with van der Waals surface area (Å²) in [6.45, 7) is 4.86. The van der Waals surface area contributed by atoms with E-state index in [9.17, 15) is 9.59 Å². The zero-order valence-electron chi connectivity index (χ0n) is 24.2. The number of anilines is 3. The van der Waals surface area contributed by atoms with Crippen molar-refractivity contribution in [3.63, 3.8) is 0 Å². The summed E-state index contributed by atoms with van der Waals surface area (Å²) in [4.78, 5) is 31.6. The van der Waals surface area contributed by atoms with E-state index in [2.05, 4.69) is 82.2 Å². The van der Waals surface area contributed by atoms with Crippen LogP contribution < -0.4 is 21.5 Å². The first kappa shape index (κ1) is 26.9. The number of likely N-dealkylation sites (N-methyl/N-ethyl adjacent to an activating group) is 1. The van der Waals surface area contributed by atoms with Crippen LogP contribution in [0, 0.1) is 0 Å². The highest BCUT2D eigenvalue weighted by molar-refractivity contribution is 6.11. The number of likely N-dealkylation sites (tertiary alicyclic amines) is 1. The van der Waals surface area contributed by atoms with Gasteiger partial charge < -0.3 is 15.6 Å². The van der Waals surface area contributed by atoms with E-state index in [0.717, 1.165) is 75.6 Å². The minimum atomic E-state index is -0.485. The molecule has 0 radical (unpaired) electrons. The van der Waals surface area contributed by atoms with Gasteiger partial charge in [0.1, 0.15) is 11.4 Å². The maximum Gasteiger partial charge on any atom is 0.253 e. The lowest BCUT2D eigenvalue weighted by Crippen LogP contribution is -2.40. The molecule has 0 unspecified atom stereocenters. The maximum absolute atomic E-state index is 13.0. The Hall–Kier alpha value is -4.94. The molecule has 6 heteroatoms. The van der Waals surface area contributed by atoms with Gasteiger partial charge in [-0.3, -0.25) is 14.5 Å². The topological polar surface area (TPSA) is 77.2 Å². The van der Waals surface area contributed by atoms with Gasteiger partial charge in [0.25, 0.3) is 10.9 Å². The number of aromatic nitrogens is 1. The average Bonchev–Trinajstić information content (AvgIpc) is 3.70. The Balaban J connectivity index is 1.37. The highest BCUT2D eigenvalue weighted by Crippen LogP contribution is 2.41. The molecule has 6 nitrogen and oxygen atoms in total. The summed E-state index contributed by atoms with van der Waals surface area (Å²) in [5.74, 6) is 0. The molecule has 0 amide bonds. The van der Waals surface area contributed by atoms with E-state index >= 15 is 0 Å². The van der Waals surface area contributed by atoms with Crippen molar-refractivity contribution in [3.8, 4) is 0 Å². The zero-order valence-corrected chi connectivity index (χ0v) is 24.2. The Labute approximate surface area is 250 Å². The molecule has 6 aromatic rings. The normalized spacial score (nSPS) is 15.9. The fourth-order valence-corrected chi connectivity index (χ4v) is 6.54. The molecule has 1 aliphatic rings. The lowest BCUT2D eigenvalue weighted by Gasteiger charge is -2.25. The number of rotatable bonds is 9. The lowest BCUT2D eigenvalue weighted by atomic mass is 9.89. The quantitative estimate of drug-likeness (QED) is 0.128. The van der Waals surface area contributed by atoms with Crippen molar-refractivity contribution in [2.75, 3.05) is 30.3 Å². The van der Waals surface area contributed by atoms with Crippen molar-refractivity contribution in [2.24, 2.45) is 0 Å². The monoisotopic (exact) mass is 566 g/mol. The molecule has 7 rings (SSSR count). The summed E-state index contributed by atoms with van der Waals surface area (Å²) in [6, 6.07) is 31.3. The van der Waals surface area contributed by atoms with Gasteiger partial charge in [-0.25, -0.2) is 0 Å². The van der Waals surface area contributed by atoms with Gasteiger partial charge in [-0.1, -0.05) is 85.8 Å². The van der Waals surface area contributed by atoms with Crippen molar-refractivity contribution < 1.29 is 0 Å². The second kappa shape index (κ2) is 11.4. The van der Waals surface area contributed by atoms with Crippen LogP contribution in [0.1, 0.15) is 36.5 Å². The molecular weight excluding hydrogens is 532 g/mol. The summed E-state index contributed by atoms with van der Waals surface area (Å²) in [7, 11) is 0. The molecule has 0 spiro atoms. The van der Waals surface area contributed by atoms with E-state index in [1.807, 2.05) is 48.5 Å². The molecule has 5 aromatic carbocycles. The molecule has 2 heterocycles. The molecule has 1 atom stereocenters.